The van der Waals surface area contributed by atoms with E-state index in [-0.39, 0.29) is 5.91 Å². The molecule has 1 amide bonds. The van der Waals surface area contributed by atoms with E-state index < -0.39 is 0 Å². The highest BCUT2D eigenvalue weighted by Crippen LogP contribution is 2.04. The predicted molar refractivity (Wildman–Crippen MR) is 57.1 cm³/mol. The van der Waals surface area contributed by atoms with Gasteiger partial charge in [-0.15, -0.1) is 0 Å². The average molecular weight is 197 g/mol. The van der Waals surface area contributed by atoms with Crippen LogP contribution in [0.25, 0.3) is 0 Å². The lowest BCUT2D eigenvalue weighted by Gasteiger charge is -2.37. The van der Waals surface area contributed by atoms with Crippen molar-refractivity contribution in [2.24, 2.45) is 0 Å². The van der Waals surface area contributed by atoms with Crippen molar-refractivity contribution in [3.05, 3.63) is 12.7 Å². The van der Waals surface area contributed by atoms with Gasteiger partial charge in [0, 0.05) is 32.2 Å². The van der Waals surface area contributed by atoms with E-state index in [1.807, 2.05) is 0 Å². The highest BCUT2D eigenvalue weighted by Gasteiger charge is 2.21. The van der Waals surface area contributed by atoms with Crippen LogP contribution in [0.5, 0.6) is 0 Å². The Morgan fingerprint density at radius 2 is 2.29 bits per heavy atom. The molecule has 4 heteroatoms. The van der Waals surface area contributed by atoms with Gasteiger partial charge in [0.25, 0.3) is 0 Å². The fourth-order valence-electron chi connectivity index (χ4n) is 1.61. The molecule has 1 aliphatic heterocycles. The van der Waals surface area contributed by atoms with Crippen LogP contribution in [0.4, 0.5) is 0 Å². The monoisotopic (exact) mass is 197 g/mol. The summed E-state index contributed by atoms with van der Waals surface area (Å²) in [5.41, 5.74) is 0. The summed E-state index contributed by atoms with van der Waals surface area (Å²) in [4.78, 5) is 15.5. The van der Waals surface area contributed by atoms with Gasteiger partial charge in [-0.2, -0.15) is 0 Å². The molecular formula is C10H19N3O. The van der Waals surface area contributed by atoms with Crippen LogP contribution in [0.3, 0.4) is 0 Å². The van der Waals surface area contributed by atoms with E-state index in [1.54, 1.807) is 0 Å². The van der Waals surface area contributed by atoms with E-state index in [1.165, 1.54) is 6.08 Å². The molecule has 1 aliphatic rings. The Labute approximate surface area is 85.6 Å². The Bertz CT molecular complexity index is 217. The van der Waals surface area contributed by atoms with E-state index in [4.69, 9.17) is 0 Å². The molecule has 0 aliphatic carbocycles. The highest BCUT2D eigenvalue weighted by molar-refractivity contribution is 5.86. The van der Waals surface area contributed by atoms with Crippen LogP contribution in [0.2, 0.25) is 0 Å². The van der Waals surface area contributed by atoms with Gasteiger partial charge in [0.15, 0.2) is 0 Å². The van der Waals surface area contributed by atoms with Gasteiger partial charge in [0.2, 0.25) is 5.91 Å². The Balaban J connectivity index is 2.34. The van der Waals surface area contributed by atoms with Gasteiger partial charge in [-0.1, -0.05) is 6.58 Å². The molecule has 0 bridgehead atoms. The number of hydrogen-bond acceptors (Lipinski definition) is 3. The first-order chi connectivity index (χ1) is 6.63. The second kappa shape index (κ2) is 5.12. The van der Waals surface area contributed by atoms with Gasteiger partial charge in [-0.05, 0) is 20.2 Å². The summed E-state index contributed by atoms with van der Waals surface area (Å²) in [6.45, 7) is 7.29. The summed E-state index contributed by atoms with van der Waals surface area (Å²) in [5, 5.41) is 2.83. The first kappa shape index (κ1) is 11.2. The molecule has 1 fully saturated rings. The molecule has 4 nitrogen and oxygen atoms in total. The van der Waals surface area contributed by atoms with Crippen LogP contribution in [-0.4, -0.2) is 62.0 Å². The van der Waals surface area contributed by atoms with Gasteiger partial charge in [-0.25, -0.2) is 0 Å². The highest BCUT2D eigenvalue weighted by atomic mass is 16.1. The van der Waals surface area contributed by atoms with Crippen LogP contribution in [0.1, 0.15) is 0 Å². The van der Waals surface area contributed by atoms with Crippen LogP contribution < -0.4 is 5.32 Å². The molecule has 1 atom stereocenters. The third-order valence-electron chi connectivity index (χ3n) is 2.68. The number of carbonyl (C=O) groups excluding carboxylic acids is 1. The standard InChI is InChI=1S/C10H19N3O/c1-4-10(14)11-7-9-8-12(2)5-6-13(9)3/h4,9H,1,5-8H2,2-3H3,(H,11,14)/t9-/m0/s1. The Kier molecular flexibility index (Phi) is 4.10. The van der Waals surface area contributed by atoms with Crippen molar-refractivity contribution in [3.8, 4) is 0 Å². The lowest BCUT2D eigenvalue weighted by molar-refractivity contribution is -0.116. The van der Waals surface area contributed by atoms with Gasteiger partial charge < -0.3 is 10.2 Å². The molecule has 0 unspecified atom stereocenters. The van der Waals surface area contributed by atoms with Gasteiger partial charge in [0.05, 0.1) is 0 Å². The summed E-state index contributed by atoms with van der Waals surface area (Å²) in [7, 11) is 4.20. The number of hydrogen-bond donors (Lipinski definition) is 1. The molecule has 14 heavy (non-hydrogen) atoms. The van der Waals surface area contributed by atoms with E-state index in [0.29, 0.717) is 12.6 Å². The molecule has 0 radical (unpaired) electrons. The number of rotatable bonds is 3. The van der Waals surface area contributed by atoms with Crippen molar-refractivity contribution in [2.45, 2.75) is 6.04 Å². The molecule has 1 N–H and O–H groups in total. The van der Waals surface area contributed by atoms with E-state index >= 15 is 0 Å². The van der Waals surface area contributed by atoms with Gasteiger partial charge >= 0.3 is 0 Å². The quantitative estimate of drug-likeness (QED) is 0.622. The van der Waals surface area contributed by atoms with Crippen molar-refractivity contribution < 1.29 is 4.79 Å². The van der Waals surface area contributed by atoms with E-state index in [0.717, 1.165) is 19.6 Å². The number of carbonyl (C=O) groups is 1. The van der Waals surface area contributed by atoms with Crippen LogP contribution in [-0.2, 0) is 4.79 Å². The van der Waals surface area contributed by atoms with Gasteiger partial charge in [0.1, 0.15) is 0 Å². The maximum atomic E-state index is 11.0. The molecule has 0 aromatic carbocycles. The number of piperazine rings is 1. The predicted octanol–water partition coefficient (Wildman–Crippen LogP) is -0.466. The number of amides is 1. The number of likely N-dealkylation sites (N-methyl/N-ethyl adjacent to an activating group) is 2. The SMILES string of the molecule is C=CC(=O)NC[C@H]1CN(C)CCN1C. The minimum absolute atomic E-state index is 0.0911. The summed E-state index contributed by atoms with van der Waals surface area (Å²) >= 11 is 0. The summed E-state index contributed by atoms with van der Waals surface area (Å²) in [5.74, 6) is -0.0911. The van der Waals surface area contributed by atoms with Crippen LogP contribution >= 0.6 is 0 Å². The smallest absolute Gasteiger partial charge is 0.243 e. The molecule has 0 spiro atoms. The zero-order chi connectivity index (χ0) is 10.6. The lowest BCUT2D eigenvalue weighted by Crippen LogP contribution is -2.54. The second-order valence-electron chi connectivity index (χ2n) is 3.85. The van der Waals surface area contributed by atoms with Crippen molar-refractivity contribution in [1.29, 1.82) is 0 Å². The van der Waals surface area contributed by atoms with Gasteiger partial charge in [-0.3, -0.25) is 9.69 Å². The maximum Gasteiger partial charge on any atom is 0.243 e. The van der Waals surface area contributed by atoms with E-state index in [2.05, 4.69) is 35.8 Å². The normalized spacial score (nSPS) is 24.6. The first-order valence-corrected chi connectivity index (χ1v) is 4.92. The summed E-state index contributed by atoms with van der Waals surface area (Å²) < 4.78 is 0. The summed E-state index contributed by atoms with van der Waals surface area (Å²) in [6, 6.07) is 0.414. The van der Waals surface area contributed by atoms with Crippen molar-refractivity contribution in [1.82, 2.24) is 15.1 Å². The second-order valence-corrected chi connectivity index (χ2v) is 3.85. The molecular weight excluding hydrogens is 178 g/mol. The minimum atomic E-state index is -0.0911. The van der Waals surface area contributed by atoms with Crippen molar-refractivity contribution >= 4 is 5.91 Å². The van der Waals surface area contributed by atoms with Crippen molar-refractivity contribution in [3.63, 3.8) is 0 Å². The van der Waals surface area contributed by atoms with Crippen LogP contribution in [0, 0.1) is 0 Å². The Morgan fingerprint density at radius 3 is 2.93 bits per heavy atom. The molecule has 80 valence electrons. The van der Waals surface area contributed by atoms with Crippen LogP contribution in [0.15, 0.2) is 12.7 Å². The zero-order valence-electron chi connectivity index (χ0n) is 8.99. The molecule has 1 heterocycles. The Hall–Kier alpha value is -0.870. The average Bonchev–Trinajstić information content (AvgIpc) is 2.19. The maximum absolute atomic E-state index is 11.0. The number of nitrogens with zero attached hydrogens (tertiary/aromatic N) is 2. The first-order valence-electron chi connectivity index (χ1n) is 4.92. The van der Waals surface area contributed by atoms with Crippen molar-refractivity contribution in [2.75, 3.05) is 40.3 Å². The fraction of sp³-hybridized carbons (Fsp3) is 0.700. The largest absolute Gasteiger partial charge is 0.351 e. The summed E-state index contributed by atoms with van der Waals surface area (Å²) in [6.07, 6.45) is 1.31. The third kappa shape index (κ3) is 3.12. The minimum Gasteiger partial charge on any atom is -0.351 e. The lowest BCUT2D eigenvalue weighted by atomic mass is 10.2. The topological polar surface area (TPSA) is 35.6 Å². The fourth-order valence-corrected chi connectivity index (χ4v) is 1.61. The third-order valence-corrected chi connectivity index (χ3v) is 2.68. The molecule has 1 rings (SSSR count). The molecule has 1 saturated heterocycles. The molecule has 0 aromatic rings. The van der Waals surface area contributed by atoms with E-state index in [9.17, 15) is 4.79 Å². The Morgan fingerprint density at radius 1 is 1.57 bits per heavy atom. The number of nitrogens with one attached hydrogen (secondary N) is 1. The zero-order valence-corrected chi connectivity index (χ0v) is 8.99. The molecule has 0 aromatic heterocycles. The molecule has 0 saturated carbocycles.